The third kappa shape index (κ3) is 5.94. The molecule has 1 rings (SSSR count). The van der Waals surface area contributed by atoms with E-state index >= 15 is 0 Å². The van der Waals surface area contributed by atoms with Crippen LogP contribution in [0.2, 0.25) is 0 Å². The highest BCUT2D eigenvalue weighted by Gasteiger charge is 2.24. The number of rotatable bonds is 6. The molecule has 0 bridgehead atoms. The average Bonchev–Trinajstić information content (AvgIpc) is 2.40. The Kier molecular flexibility index (Phi) is 7.30. The predicted molar refractivity (Wildman–Crippen MR) is 73.9 cm³/mol. The second-order valence-electron chi connectivity index (χ2n) is 4.98. The van der Waals surface area contributed by atoms with E-state index in [1.165, 1.54) is 0 Å². The topological polar surface area (TPSA) is 58.6 Å². The predicted octanol–water partition coefficient (Wildman–Crippen LogP) is 2.30. The van der Waals surface area contributed by atoms with E-state index in [1.807, 2.05) is 0 Å². The van der Waals surface area contributed by atoms with Crippen molar-refractivity contribution < 1.29 is 14.3 Å². The summed E-state index contributed by atoms with van der Waals surface area (Å²) in [6.45, 7) is 5.68. The van der Waals surface area contributed by atoms with Crippen LogP contribution in [0.25, 0.3) is 0 Å². The molecule has 5 nitrogen and oxygen atoms in total. The highest BCUT2D eigenvalue weighted by molar-refractivity contribution is 5.76. The van der Waals surface area contributed by atoms with Gasteiger partial charge in [0.2, 0.25) is 5.91 Å². The normalized spacial score (nSPS) is 16.2. The van der Waals surface area contributed by atoms with Gasteiger partial charge in [-0.25, -0.2) is 4.79 Å². The molecule has 0 saturated carbocycles. The number of carbonyl (C=O) groups excluding carboxylic acids is 2. The third-order valence-corrected chi connectivity index (χ3v) is 3.39. The van der Waals surface area contributed by atoms with Gasteiger partial charge in [-0.1, -0.05) is 19.8 Å². The summed E-state index contributed by atoms with van der Waals surface area (Å²) in [6.07, 6.45) is 5.21. The van der Waals surface area contributed by atoms with Crippen molar-refractivity contribution >= 4 is 12.0 Å². The van der Waals surface area contributed by atoms with Gasteiger partial charge < -0.3 is 15.0 Å². The van der Waals surface area contributed by atoms with E-state index in [9.17, 15) is 9.59 Å². The number of nitrogens with zero attached hydrogens (tertiary/aromatic N) is 1. The van der Waals surface area contributed by atoms with E-state index in [1.54, 1.807) is 11.8 Å². The van der Waals surface area contributed by atoms with Crippen LogP contribution in [0.15, 0.2) is 0 Å². The molecule has 1 aliphatic rings. The minimum Gasteiger partial charge on any atom is -0.450 e. The van der Waals surface area contributed by atoms with Gasteiger partial charge in [-0.05, 0) is 26.2 Å². The monoisotopic (exact) mass is 270 g/mol. The molecule has 0 aliphatic carbocycles. The molecule has 0 radical (unpaired) electrons. The zero-order valence-electron chi connectivity index (χ0n) is 12.1. The fourth-order valence-corrected chi connectivity index (χ4v) is 2.26. The van der Waals surface area contributed by atoms with Gasteiger partial charge in [0, 0.05) is 25.6 Å². The van der Waals surface area contributed by atoms with Crippen LogP contribution in [-0.4, -0.2) is 42.6 Å². The lowest BCUT2D eigenvalue weighted by Crippen LogP contribution is -2.46. The van der Waals surface area contributed by atoms with Crippen molar-refractivity contribution in [1.29, 1.82) is 0 Å². The lowest BCUT2D eigenvalue weighted by Gasteiger charge is -2.31. The van der Waals surface area contributed by atoms with Gasteiger partial charge in [-0.3, -0.25) is 4.79 Å². The van der Waals surface area contributed by atoms with Crippen LogP contribution >= 0.6 is 0 Å². The molecule has 1 aliphatic heterocycles. The van der Waals surface area contributed by atoms with E-state index < -0.39 is 0 Å². The zero-order valence-corrected chi connectivity index (χ0v) is 12.1. The molecular weight excluding hydrogens is 244 g/mol. The molecule has 0 atom stereocenters. The van der Waals surface area contributed by atoms with Crippen LogP contribution in [0.5, 0.6) is 0 Å². The molecule has 19 heavy (non-hydrogen) atoms. The summed E-state index contributed by atoms with van der Waals surface area (Å²) in [5.41, 5.74) is 0. The molecule has 2 amide bonds. The summed E-state index contributed by atoms with van der Waals surface area (Å²) in [6, 6.07) is 0.208. The summed E-state index contributed by atoms with van der Waals surface area (Å²) in [4.78, 5) is 24.9. The molecule has 5 heteroatoms. The second-order valence-corrected chi connectivity index (χ2v) is 4.98. The molecule has 0 spiro atoms. The molecule has 110 valence electrons. The molecule has 0 unspecified atom stereocenters. The molecular formula is C14H26N2O3. The Morgan fingerprint density at radius 2 is 1.89 bits per heavy atom. The van der Waals surface area contributed by atoms with Crippen LogP contribution in [-0.2, 0) is 9.53 Å². The number of likely N-dealkylation sites (tertiary alicyclic amines) is 1. The molecule has 1 N–H and O–H groups in total. The quantitative estimate of drug-likeness (QED) is 0.753. The fraction of sp³-hybridized carbons (Fsp3) is 0.857. The summed E-state index contributed by atoms with van der Waals surface area (Å²) in [5.74, 6) is 0.142. The summed E-state index contributed by atoms with van der Waals surface area (Å²) in [5, 5.41) is 3.05. The van der Waals surface area contributed by atoms with Crippen LogP contribution in [0, 0.1) is 0 Å². The molecule has 1 heterocycles. The Bertz CT molecular complexity index is 286. The number of hydrogen-bond donors (Lipinski definition) is 1. The summed E-state index contributed by atoms with van der Waals surface area (Å²) in [7, 11) is 0. The number of piperidine rings is 1. The lowest BCUT2D eigenvalue weighted by atomic mass is 10.0. The van der Waals surface area contributed by atoms with Crippen LogP contribution in [0.3, 0.4) is 0 Å². The Hall–Kier alpha value is -1.26. The van der Waals surface area contributed by atoms with Crippen molar-refractivity contribution in [3.8, 4) is 0 Å². The fourth-order valence-electron chi connectivity index (χ4n) is 2.26. The molecule has 0 aromatic heterocycles. The first-order valence-corrected chi connectivity index (χ1v) is 7.38. The van der Waals surface area contributed by atoms with Gasteiger partial charge in [0.05, 0.1) is 6.61 Å². The van der Waals surface area contributed by atoms with Gasteiger partial charge in [0.1, 0.15) is 0 Å². The van der Waals surface area contributed by atoms with Crippen LogP contribution in [0.1, 0.15) is 52.4 Å². The van der Waals surface area contributed by atoms with Crippen molar-refractivity contribution in [2.45, 2.75) is 58.4 Å². The Morgan fingerprint density at radius 3 is 2.47 bits per heavy atom. The number of amides is 2. The minimum absolute atomic E-state index is 0.142. The Morgan fingerprint density at radius 1 is 1.21 bits per heavy atom. The van der Waals surface area contributed by atoms with Crippen molar-refractivity contribution in [3.63, 3.8) is 0 Å². The molecule has 1 fully saturated rings. The van der Waals surface area contributed by atoms with Gasteiger partial charge in [0.25, 0.3) is 0 Å². The number of ether oxygens (including phenoxy) is 1. The van der Waals surface area contributed by atoms with Gasteiger partial charge in [-0.15, -0.1) is 0 Å². The van der Waals surface area contributed by atoms with Gasteiger partial charge >= 0.3 is 6.09 Å². The van der Waals surface area contributed by atoms with E-state index in [-0.39, 0.29) is 18.0 Å². The van der Waals surface area contributed by atoms with E-state index in [4.69, 9.17) is 4.74 Å². The lowest BCUT2D eigenvalue weighted by molar-refractivity contribution is -0.122. The Balaban J connectivity index is 2.19. The maximum absolute atomic E-state index is 11.7. The standard InChI is InChI=1S/C14H26N2O3/c1-3-5-6-7-13(17)15-12-8-10-16(11-9-12)14(18)19-4-2/h12H,3-11H2,1-2H3,(H,15,17). The summed E-state index contributed by atoms with van der Waals surface area (Å²) < 4.78 is 4.96. The molecule has 0 aromatic rings. The maximum atomic E-state index is 11.7. The first-order valence-electron chi connectivity index (χ1n) is 7.38. The smallest absolute Gasteiger partial charge is 0.409 e. The van der Waals surface area contributed by atoms with E-state index in [0.29, 0.717) is 26.1 Å². The van der Waals surface area contributed by atoms with Gasteiger partial charge in [0.15, 0.2) is 0 Å². The van der Waals surface area contributed by atoms with Crippen molar-refractivity contribution in [2.75, 3.05) is 19.7 Å². The van der Waals surface area contributed by atoms with Crippen molar-refractivity contribution in [2.24, 2.45) is 0 Å². The summed E-state index contributed by atoms with van der Waals surface area (Å²) >= 11 is 0. The third-order valence-electron chi connectivity index (χ3n) is 3.39. The largest absolute Gasteiger partial charge is 0.450 e. The molecule has 0 aromatic carbocycles. The van der Waals surface area contributed by atoms with Gasteiger partial charge in [-0.2, -0.15) is 0 Å². The first-order chi connectivity index (χ1) is 9.17. The Labute approximate surface area is 115 Å². The highest BCUT2D eigenvalue weighted by atomic mass is 16.6. The number of hydrogen-bond acceptors (Lipinski definition) is 3. The van der Waals surface area contributed by atoms with Crippen LogP contribution in [0.4, 0.5) is 4.79 Å². The van der Waals surface area contributed by atoms with Crippen LogP contribution < -0.4 is 5.32 Å². The second kappa shape index (κ2) is 8.77. The minimum atomic E-state index is -0.241. The highest BCUT2D eigenvalue weighted by Crippen LogP contribution is 2.12. The SMILES string of the molecule is CCCCCC(=O)NC1CCN(C(=O)OCC)CC1. The first kappa shape index (κ1) is 15.8. The van der Waals surface area contributed by atoms with E-state index in [0.717, 1.165) is 32.1 Å². The number of carbonyl (C=O) groups is 2. The number of unbranched alkanes of at least 4 members (excludes halogenated alkanes) is 2. The van der Waals surface area contributed by atoms with Crippen molar-refractivity contribution in [3.05, 3.63) is 0 Å². The molecule has 1 saturated heterocycles. The number of nitrogens with one attached hydrogen (secondary N) is 1. The van der Waals surface area contributed by atoms with Crippen molar-refractivity contribution in [1.82, 2.24) is 10.2 Å². The average molecular weight is 270 g/mol. The zero-order chi connectivity index (χ0) is 14.1. The maximum Gasteiger partial charge on any atom is 0.409 e. The van der Waals surface area contributed by atoms with E-state index in [2.05, 4.69) is 12.2 Å².